The Morgan fingerprint density at radius 1 is 0.465 bits per heavy atom. The van der Waals surface area contributed by atoms with Gasteiger partial charge in [-0.05, 0) is 79.0 Å². The third-order valence-corrected chi connectivity index (χ3v) is 10.4. The summed E-state index contributed by atoms with van der Waals surface area (Å²) in [5.74, 6) is 0. The Morgan fingerprint density at radius 3 is 1.79 bits per heavy atom. The minimum atomic E-state index is -0.485. The fourth-order valence-electron chi connectivity index (χ4n) is 8.15. The monoisotopic (exact) mass is 610 g/mol. The summed E-state index contributed by atoms with van der Waals surface area (Å²) in [6.07, 6.45) is 0. The Balaban J connectivity index is 1.49. The molecule has 1 spiro atoms. The molecule has 0 saturated carbocycles. The second kappa shape index (κ2) is 8.34. The number of para-hydroxylation sites is 1. The second-order valence-corrected chi connectivity index (χ2v) is 12.5. The number of hydrogen-bond acceptors (Lipinski definition) is 1. The van der Waals surface area contributed by atoms with Gasteiger partial charge >= 0.3 is 0 Å². The molecule has 10 rings (SSSR count). The maximum Gasteiger partial charge on any atom is 0.144 e. The van der Waals surface area contributed by atoms with Crippen molar-refractivity contribution in [3.05, 3.63) is 166 Å². The van der Waals surface area contributed by atoms with Crippen molar-refractivity contribution in [3.63, 3.8) is 0 Å². The normalized spacial score (nSPS) is 13.9. The number of fused-ring (bicyclic) bond motifs is 16. The summed E-state index contributed by atoms with van der Waals surface area (Å²) in [5, 5.41) is 4.77. The predicted molar refractivity (Wildman–Crippen MR) is 181 cm³/mol. The zero-order valence-corrected chi connectivity index (χ0v) is 24.7. The standard InChI is InChI=1S/C41H23BrO/c42-35-23-34-39(40-38(35)29-18-8-11-21-36(29)43-40)37-28-17-5-4-14-25(28)30(24-12-2-1-3-13-24)22-33(37)41(34)31-19-9-6-15-26(31)27-16-7-10-20-32(27)41/h1-23H. The molecule has 200 valence electrons. The molecule has 0 aliphatic heterocycles. The van der Waals surface area contributed by atoms with Crippen LogP contribution in [0.1, 0.15) is 22.3 Å². The van der Waals surface area contributed by atoms with Crippen LogP contribution in [0.4, 0.5) is 0 Å². The van der Waals surface area contributed by atoms with Crippen LogP contribution in [0, 0.1) is 0 Å². The average Bonchev–Trinajstić information content (AvgIpc) is 3.69. The van der Waals surface area contributed by atoms with Crippen molar-refractivity contribution in [2.24, 2.45) is 0 Å². The number of hydrogen-bond donors (Lipinski definition) is 0. The van der Waals surface area contributed by atoms with E-state index in [9.17, 15) is 0 Å². The van der Waals surface area contributed by atoms with Crippen molar-refractivity contribution < 1.29 is 4.42 Å². The Hall–Kier alpha value is -4.92. The third-order valence-electron chi connectivity index (χ3n) is 9.74. The summed E-state index contributed by atoms with van der Waals surface area (Å²) in [6, 6.07) is 50.9. The third kappa shape index (κ3) is 2.83. The zero-order chi connectivity index (χ0) is 28.3. The van der Waals surface area contributed by atoms with E-state index in [1.165, 1.54) is 66.4 Å². The lowest BCUT2D eigenvalue weighted by Crippen LogP contribution is -2.26. The zero-order valence-electron chi connectivity index (χ0n) is 23.1. The van der Waals surface area contributed by atoms with E-state index in [0.29, 0.717) is 0 Å². The van der Waals surface area contributed by atoms with E-state index in [1.807, 2.05) is 0 Å². The number of halogens is 1. The molecule has 2 aliphatic carbocycles. The van der Waals surface area contributed by atoms with Crippen molar-refractivity contribution in [1.82, 2.24) is 0 Å². The first-order valence-corrected chi connectivity index (χ1v) is 15.5. The highest BCUT2D eigenvalue weighted by Crippen LogP contribution is 2.66. The van der Waals surface area contributed by atoms with Crippen LogP contribution >= 0.6 is 15.9 Å². The Labute approximate surface area is 257 Å². The van der Waals surface area contributed by atoms with Gasteiger partial charge in [0.2, 0.25) is 0 Å². The minimum Gasteiger partial charge on any atom is -0.455 e. The van der Waals surface area contributed by atoms with Gasteiger partial charge in [-0.1, -0.05) is 137 Å². The molecule has 0 atom stereocenters. The molecule has 2 heteroatoms. The summed E-state index contributed by atoms with van der Waals surface area (Å²) in [6.45, 7) is 0. The summed E-state index contributed by atoms with van der Waals surface area (Å²) in [7, 11) is 0. The predicted octanol–water partition coefficient (Wildman–Crippen LogP) is 11.5. The van der Waals surface area contributed by atoms with Gasteiger partial charge in [0.1, 0.15) is 11.2 Å². The number of benzene rings is 7. The highest BCUT2D eigenvalue weighted by atomic mass is 79.9. The van der Waals surface area contributed by atoms with Gasteiger partial charge in [0, 0.05) is 20.8 Å². The molecule has 0 N–H and O–H groups in total. The molecule has 8 aromatic rings. The Morgan fingerprint density at radius 2 is 1.05 bits per heavy atom. The van der Waals surface area contributed by atoms with Gasteiger partial charge in [0.25, 0.3) is 0 Å². The quantitative estimate of drug-likeness (QED) is 0.180. The van der Waals surface area contributed by atoms with E-state index in [4.69, 9.17) is 4.42 Å². The molecular weight excluding hydrogens is 588 g/mol. The molecule has 0 bridgehead atoms. The summed E-state index contributed by atoms with van der Waals surface area (Å²) in [5.41, 5.74) is 14.2. The van der Waals surface area contributed by atoms with Gasteiger partial charge in [0.15, 0.2) is 0 Å². The van der Waals surface area contributed by atoms with Crippen LogP contribution in [0.2, 0.25) is 0 Å². The molecular formula is C41H23BrO. The molecule has 0 amide bonds. The second-order valence-electron chi connectivity index (χ2n) is 11.7. The van der Waals surface area contributed by atoms with Crippen molar-refractivity contribution in [2.45, 2.75) is 5.41 Å². The molecule has 0 fully saturated rings. The SMILES string of the molecule is Brc1cc2c(c3oc4ccccc4c13)-c1c(cc(-c3ccccc3)c3ccccc13)C21c2ccccc2-c2ccccc21. The molecule has 7 aromatic carbocycles. The number of furan rings is 1. The number of rotatable bonds is 1. The van der Waals surface area contributed by atoms with Gasteiger partial charge in [-0.15, -0.1) is 0 Å². The van der Waals surface area contributed by atoms with E-state index in [2.05, 4.69) is 155 Å². The fourth-order valence-corrected chi connectivity index (χ4v) is 8.78. The van der Waals surface area contributed by atoms with Gasteiger partial charge in [-0.25, -0.2) is 0 Å². The first-order valence-electron chi connectivity index (χ1n) is 14.7. The lowest BCUT2D eigenvalue weighted by Gasteiger charge is -2.31. The molecule has 1 aromatic heterocycles. The molecule has 1 nitrogen and oxygen atoms in total. The summed E-state index contributed by atoms with van der Waals surface area (Å²) < 4.78 is 7.91. The highest BCUT2D eigenvalue weighted by molar-refractivity contribution is 9.10. The lowest BCUT2D eigenvalue weighted by molar-refractivity contribution is 0.669. The van der Waals surface area contributed by atoms with E-state index in [1.54, 1.807) is 0 Å². The van der Waals surface area contributed by atoms with Crippen LogP contribution in [-0.4, -0.2) is 0 Å². The largest absolute Gasteiger partial charge is 0.455 e. The maximum absolute atomic E-state index is 6.85. The van der Waals surface area contributed by atoms with Crippen LogP contribution in [0.15, 0.2) is 148 Å². The minimum absolute atomic E-state index is 0.485. The van der Waals surface area contributed by atoms with Crippen molar-refractivity contribution in [2.75, 3.05) is 0 Å². The molecule has 0 unspecified atom stereocenters. The van der Waals surface area contributed by atoms with E-state index in [0.717, 1.165) is 26.4 Å². The Kier molecular flexibility index (Phi) is 4.58. The highest BCUT2D eigenvalue weighted by Gasteiger charge is 2.53. The lowest BCUT2D eigenvalue weighted by atomic mass is 9.70. The smallest absolute Gasteiger partial charge is 0.144 e. The van der Waals surface area contributed by atoms with E-state index >= 15 is 0 Å². The van der Waals surface area contributed by atoms with Crippen LogP contribution in [0.3, 0.4) is 0 Å². The van der Waals surface area contributed by atoms with Crippen LogP contribution in [-0.2, 0) is 5.41 Å². The molecule has 43 heavy (non-hydrogen) atoms. The topological polar surface area (TPSA) is 13.1 Å². The van der Waals surface area contributed by atoms with Crippen molar-refractivity contribution in [3.8, 4) is 33.4 Å². The molecule has 0 radical (unpaired) electrons. The van der Waals surface area contributed by atoms with Crippen LogP contribution in [0.25, 0.3) is 66.1 Å². The van der Waals surface area contributed by atoms with Gasteiger partial charge < -0.3 is 4.42 Å². The summed E-state index contributed by atoms with van der Waals surface area (Å²) in [4.78, 5) is 0. The summed E-state index contributed by atoms with van der Waals surface area (Å²) >= 11 is 4.05. The van der Waals surface area contributed by atoms with Crippen molar-refractivity contribution in [1.29, 1.82) is 0 Å². The van der Waals surface area contributed by atoms with Gasteiger partial charge in [-0.3, -0.25) is 0 Å². The van der Waals surface area contributed by atoms with Crippen molar-refractivity contribution >= 4 is 48.6 Å². The van der Waals surface area contributed by atoms with Crippen LogP contribution in [0.5, 0.6) is 0 Å². The van der Waals surface area contributed by atoms with E-state index < -0.39 is 5.41 Å². The molecule has 1 heterocycles. The van der Waals surface area contributed by atoms with Gasteiger partial charge in [-0.2, -0.15) is 0 Å². The maximum atomic E-state index is 6.85. The first-order chi connectivity index (χ1) is 21.3. The van der Waals surface area contributed by atoms with E-state index in [-0.39, 0.29) is 0 Å². The first kappa shape index (κ1) is 23.6. The van der Waals surface area contributed by atoms with Gasteiger partial charge in [0.05, 0.1) is 5.41 Å². The fraction of sp³-hybridized carbons (Fsp3) is 0.0244. The molecule has 0 saturated heterocycles. The van der Waals surface area contributed by atoms with Crippen LogP contribution < -0.4 is 0 Å². The molecule has 2 aliphatic rings. The average molecular weight is 612 g/mol. The Bertz CT molecular complexity index is 2420.